The quantitative estimate of drug-likeness (QED) is 0.233. The van der Waals surface area contributed by atoms with Crippen molar-refractivity contribution in [1.29, 1.82) is 0 Å². The Hall–Kier alpha value is -2.42. The third-order valence-electron chi connectivity index (χ3n) is 5.91. The highest BCUT2D eigenvalue weighted by Gasteiger charge is 2.28. The number of aliphatic hydroxyl groups excluding tert-OH is 1. The number of aromatic nitrogens is 4. The molecule has 0 radical (unpaired) electrons. The second-order valence-electron chi connectivity index (χ2n) is 9.01. The van der Waals surface area contributed by atoms with Gasteiger partial charge in [0.2, 0.25) is 16.4 Å². The van der Waals surface area contributed by atoms with Crippen LogP contribution in [0.3, 0.4) is 0 Å². The number of ether oxygens (including phenoxy) is 1. The average molecular weight is 536 g/mol. The summed E-state index contributed by atoms with van der Waals surface area (Å²) in [6, 6.07) is 7.09. The summed E-state index contributed by atoms with van der Waals surface area (Å²) in [4.78, 5) is 0.142. The van der Waals surface area contributed by atoms with Crippen LogP contribution in [0.5, 0.6) is 0 Å². The number of benzene rings is 1. The van der Waals surface area contributed by atoms with Crippen LogP contribution in [0.4, 0.5) is 11.5 Å². The first kappa shape index (κ1) is 26.6. The Balaban J connectivity index is 1.50. The summed E-state index contributed by atoms with van der Waals surface area (Å²) in [6.07, 6.45) is 4.15. The van der Waals surface area contributed by atoms with E-state index in [4.69, 9.17) is 4.74 Å². The van der Waals surface area contributed by atoms with E-state index in [0.717, 1.165) is 30.7 Å². The lowest BCUT2D eigenvalue weighted by atomic mass is 9.86. The van der Waals surface area contributed by atoms with E-state index >= 15 is 0 Å². The van der Waals surface area contributed by atoms with E-state index in [1.165, 1.54) is 11.3 Å². The zero-order chi connectivity index (χ0) is 25.7. The summed E-state index contributed by atoms with van der Waals surface area (Å²) in [5.41, 5.74) is 1.12. The van der Waals surface area contributed by atoms with E-state index in [1.54, 1.807) is 31.3 Å². The predicted molar refractivity (Wildman–Crippen MR) is 138 cm³/mol. The molecule has 1 fully saturated rings. The second kappa shape index (κ2) is 11.8. The smallest absolute Gasteiger partial charge is 0.241 e. The number of aliphatic hydroxyl groups is 1. The fourth-order valence-corrected chi connectivity index (χ4v) is 6.65. The van der Waals surface area contributed by atoms with Gasteiger partial charge in [0.05, 0.1) is 17.2 Å². The van der Waals surface area contributed by atoms with Crippen molar-refractivity contribution in [1.82, 2.24) is 30.4 Å². The van der Waals surface area contributed by atoms with Crippen molar-refractivity contribution in [3.63, 3.8) is 0 Å². The largest absolute Gasteiger partial charge is 0.356 e. The van der Waals surface area contributed by atoms with Crippen LogP contribution in [0.1, 0.15) is 57.4 Å². The molecule has 1 aromatic carbocycles. The molecule has 3 aromatic rings. The van der Waals surface area contributed by atoms with Gasteiger partial charge in [0.1, 0.15) is 15.8 Å². The van der Waals surface area contributed by atoms with Gasteiger partial charge in [-0.25, -0.2) is 13.1 Å². The summed E-state index contributed by atoms with van der Waals surface area (Å²) in [7, 11) is -3.75. The minimum absolute atomic E-state index is 0.0554. The van der Waals surface area contributed by atoms with Crippen LogP contribution in [0.25, 0.3) is 10.6 Å². The summed E-state index contributed by atoms with van der Waals surface area (Å²) >= 11 is 1.43. The van der Waals surface area contributed by atoms with Crippen molar-refractivity contribution < 1.29 is 18.3 Å². The Morgan fingerprint density at radius 3 is 2.64 bits per heavy atom. The van der Waals surface area contributed by atoms with Crippen LogP contribution in [-0.2, 0) is 14.8 Å². The van der Waals surface area contributed by atoms with E-state index < -0.39 is 16.4 Å². The molecule has 1 atom stereocenters. The Kier molecular flexibility index (Phi) is 8.70. The molecule has 0 saturated heterocycles. The maximum Gasteiger partial charge on any atom is 0.241 e. The van der Waals surface area contributed by atoms with Crippen LogP contribution < -0.4 is 15.4 Å². The number of nitrogens with zero attached hydrogens (tertiary/aromatic N) is 3. The summed E-state index contributed by atoms with van der Waals surface area (Å²) in [5.74, 6) is 0.897. The Bertz CT molecular complexity index is 1220. The van der Waals surface area contributed by atoms with Gasteiger partial charge in [-0.1, -0.05) is 18.3 Å². The monoisotopic (exact) mass is 535 g/mol. The van der Waals surface area contributed by atoms with E-state index in [1.807, 2.05) is 19.9 Å². The van der Waals surface area contributed by atoms with Gasteiger partial charge in [-0.05, 0) is 57.7 Å². The van der Waals surface area contributed by atoms with Crippen molar-refractivity contribution in [3.8, 4) is 10.6 Å². The zero-order valence-electron chi connectivity index (χ0n) is 20.6. The molecule has 0 amide bonds. The molecule has 1 unspecified atom stereocenters. The summed E-state index contributed by atoms with van der Waals surface area (Å²) in [6.45, 7) is 5.78. The third-order valence-corrected chi connectivity index (χ3v) is 8.62. The van der Waals surface area contributed by atoms with Gasteiger partial charge < -0.3 is 15.2 Å². The molecule has 0 spiro atoms. The summed E-state index contributed by atoms with van der Waals surface area (Å²) < 4.78 is 34.0. The highest BCUT2D eigenvalue weighted by atomic mass is 32.2. The number of H-pyrrole nitrogens is 1. The number of hydrogen-bond donors (Lipinski definition) is 5. The summed E-state index contributed by atoms with van der Waals surface area (Å²) in [5, 5.41) is 33.2. The lowest BCUT2D eigenvalue weighted by molar-refractivity contribution is -0.150. The highest BCUT2D eigenvalue weighted by Crippen LogP contribution is 2.38. The number of rotatable bonds is 11. The molecule has 1 aliphatic rings. The van der Waals surface area contributed by atoms with Crippen molar-refractivity contribution >= 4 is 32.9 Å². The molecule has 1 saturated carbocycles. The molecule has 4 rings (SSSR count). The number of nitrogens with one attached hydrogen (secondary N) is 4. The number of sulfonamides is 1. The average Bonchev–Trinajstić information content (AvgIpc) is 3.51. The van der Waals surface area contributed by atoms with Crippen molar-refractivity contribution in [2.24, 2.45) is 0 Å². The SMILES string of the molecule is CCNS(=O)(=O)c1cc(Nc2ccn[nH]2)ccc1-c1nnc(C2CCC(NC(O)OC(C)C)CC2)s1. The van der Waals surface area contributed by atoms with Crippen molar-refractivity contribution in [2.75, 3.05) is 11.9 Å². The van der Waals surface area contributed by atoms with Gasteiger partial charge in [0.15, 0.2) is 0 Å². The molecular formula is C23H33N7O4S2. The molecular weight excluding hydrogens is 502 g/mol. The van der Waals surface area contributed by atoms with Gasteiger partial charge in [-0.2, -0.15) is 5.10 Å². The first-order chi connectivity index (χ1) is 17.2. The zero-order valence-corrected chi connectivity index (χ0v) is 22.2. The number of anilines is 2. The molecule has 1 aliphatic carbocycles. The van der Waals surface area contributed by atoms with Gasteiger partial charge in [-0.15, -0.1) is 10.2 Å². The Morgan fingerprint density at radius 2 is 1.97 bits per heavy atom. The highest BCUT2D eigenvalue weighted by molar-refractivity contribution is 7.89. The lowest BCUT2D eigenvalue weighted by Crippen LogP contribution is -2.42. The molecule has 2 heterocycles. The van der Waals surface area contributed by atoms with E-state index in [-0.39, 0.29) is 29.5 Å². The maximum absolute atomic E-state index is 13.0. The van der Waals surface area contributed by atoms with E-state index in [0.29, 0.717) is 22.1 Å². The fourth-order valence-electron chi connectivity index (χ4n) is 4.26. The lowest BCUT2D eigenvalue weighted by Gasteiger charge is -2.30. The number of aromatic amines is 1. The van der Waals surface area contributed by atoms with Crippen molar-refractivity contribution in [3.05, 3.63) is 35.5 Å². The molecule has 0 bridgehead atoms. The molecule has 2 aromatic heterocycles. The molecule has 13 heteroatoms. The van der Waals surface area contributed by atoms with Gasteiger partial charge in [-0.3, -0.25) is 10.4 Å². The minimum atomic E-state index is -3.75. The minimum Gasteiger partial charge on any atom is -0.356 e. The maximum atomic E-state index is 13.0. The van der Waals surface area contributed by atoms with Crippen LogP contribution in [-0.4, -0.2) is 59.0 Å². The molecule has 0 aliphatic heterocycles. The predicted octanol–water partition coefficient (Wildman–Crippen LogP) is 3.29. The molecule has 196 valence electrons. The van der Waals surface area contributed by atoms with E-state index in [2.05, 4.69) is 35.8 Å². The molecule has 36 heavy (non-hydrogen) atoms. The van der Waals surface area contributed by atoms with E-state index in [9.17, 15) is 13.5 Å². The fraction of sp³-hybridized carbons (Fsp3) is 0.522. The van der Waals surface area contributed by atoms with Gasteiger partial charge in [0, 0.05) is 35.8 Å². The second-order valence-corrected chi connectivity index (χ2v) is 11.7. The van der Waals surface area contributed by atoms with Gasteiger partial charge in [0.25, 0.3) is 0 Å². The van der Waals surface area contributed by atoms with Crippen LogP contribution in [0, 0.1) is 0 Å². The van der Waals surface area contributed by atoms with Crippen LogP contribution >= 0.6 is 11.3 Å². The number of hydrogen-bond acceptors (Lipinski definition) is 10. The van der Waals surface area contributed by atoms with Crippen LogP contribution in [0.15, 0.2) is 35.4 Å². The first-order valence-electron chi connectivity index (χ1n) is 12.1. The standard InChI is InChI=1S/C23H33N7O4S2/c1-4-25-36(32,33)19-13-17(26-20-11-12-24-28-20)9-10-18(19)22-30-29-21(35-22)15-5-7-16(8-6-15)27-23(31)34-14(2)3/h9-16,23,25,27,31H,4-8H2,1-3H3,(H2,24,26,28). The normalized spacial score (nSPS) is 19.5. The first-order valence-corrected chi connectivity index (χ1v) is 14.4. The topological polar surface area (TPSA) is 154 Å². The molecule has 11 nitrogen and oxygen atoms in total. The Labute approximate surface area is 215 Å². The van der Waals surface area contributed by atoms with Crippen LogP contribution in [0.2, 0.25) is 0 Å². The van der Waals surface area contributed by atoms with Crippen molar-refractivity contribution in [2.45, 2.75) is 75.8 Å². The Morgan fingerprint density at radius 1 is 1.19 bits per heavy atom. The van der Waals surface area contributed by atoms with Gasteiger partial charge >= 0.3 is 0 Å². The third kappa shape index (κ3) is 6.66. The molecule has 5 N–H and O–H groups in total.